The molecule has 3 amide bonds. The normalized spacial score (nSPS) is 18.7. The molecule has 3 aliphatic rings. The predicted octanol–water partition coefficient (Wildman–Crippen LogP) is 4.13. The number of hydrogen-bond donors (Lipinski definition) is 1. The lowest BCUT2D eigenvalue weighted by Gasteiger charge is -2.39. The molecule has 1 aliphatic carbocycles. The molecular weight excluding hydrogens is 416 g/mol. The lowest BCUT2D eigenvalue weighted by Crippen LogP contribution is -2.52. The summed E-state index contributed by atoms with van der Waals surface area (Å²) in [6.07, 6.45) is 3.80. The number of urea groups is 1. The van der Waals surface area contributed by atoms with Gasteiger partial charge in [0.15, 0.2) is 11.6 Å². The van der Waals surface area contributed by atoms with Crippen molar-refractivity contribution >= 4 is 23.2 Å². The molecule has 1 spiro atoms. The number of benzene rings is 2. The smallest absolute Gasteiger partial charge is 0.323 e. The molecule has 8 heteroatoms. The summed E-state index contributed by atoms with van der Waals surface area (Å²) in [6.45, 7) is 0.783. The second kappa shape index (κ2) is 7.62. The molecule has 32 heavy (non-hydrogen) atoms. The molecule has 1 fully saturated rings. The van der Waals surface area contributed by atoms with E-state index < -0.39 is 23.2 Å². The Hall–Kier alpha value is -3.42. The van der Waals surface area contributed by atoms with Gasteiger partial charge in [-0.3, -0.25) is 4.79 Å². The standard InChI is InChI=1S/C24H23F2N3O3/c1-32-17-6-4-15(5-7-17)16-3-2-12-28(13-16)20(30)14-29-23(31)27-19-9-8-18(25)22(26)21(19)24(29)10-11-24/h3-9H,2,10-14H2,1H3,(H,27,31). The molecule has 1 N–H and O–H groups in total. The lowest BCUT2D eigenvalue weighted by molar-refractivity contribution is -0.132. The first-order valence-corrected chi connectivity index (χ1v) is 10.6. The molecule has 0 aromatic heterocycles. The van der Waals surface area contributed by atoms with Gasteiger partial charge >= 0.3 is 6.03 Å². The third-order valence-corrected chi connectivity index (χ3v) is 6.55. The Morgan fingerprint density at radius 3 is 2.59 bits per heavy atom. The molecule has 1 saturated carbocycles. The molecule has 6 nitrogen and oxygen atoms in total. The van der Waals surface area contributed by atoms with Crippen LogP contribution in [0.2, 0.25) is 0 Å². The van der Waals surface area contributed by atoms with Crippen LogP contribution in [0, 0.1) is 11.6 Å². The van der Waals surface area contributed by atoms with Crippen LogP contribution in [0.5, 0.6) is 5.75 Å². The third kappa shape index (κ3) is 3.30. The molecule has 0 atom stereocenters. The monoisotopic (exact) mass is 439 g/mol. The Morgan fingerprint density at radius 2 is 1.91 bits per heavy atom. The lowest BCUT2D eigenvalue weighted by atomic mass is 9.97. The van der Waals surface area contributed by atoms with Gasteiger partial charge in [0, 0.05) is 18.7 Å². The Bertz CT molecular complexity index is 1130. The minimum absolute atomic E-state index is 0.141. The second-order valence-corrected chi connectivity index (χ2v) is 8.39. The number of carbonyl (C=O) groups is 2. The highest BCUT2D eigenvalue weighted by molar-refractivity contribution is 5.97. The van der Waals surface area contributed by atoms with E-state index in [0.29, 0.717) is 32.4 Å². The molecule has 2 heterocycles. The van der Waals surface area contributed by atoms with Gasteiger partial charge in [0.1, 0.15) is 12.3 Å². The van der Waals surface area contributed by atoms with Crippen molar-refractivity contribution < 1.29 is 23.1 Å². The van der Waals surface area contributed by atoms with Gasteiger partial charge in [-0.1, -0.05) is 18.2 Å². The van der Waals surface area contributed by atoms with Gasteiger partial charge in [-0.05, 0) is 54.7 Å². The van der Waals surface area contributed by atoms with E-state index >= 15 is 0 Å². The van der Waals surface area contributed by atoms with Crippen molar-refractivity contribution in [3.63, 3.8) is 0 Å². The molecule has 0 saturated heterocycles. The predicted molar refractivity (Wildman–Crippen MR) is 115 cm³/mol. The zero-order valence-electron chi connectivity index (χ0n) is 17.7. The average Bonchev–Trinajstić information content (AvgIpc) is 3.60. The summed E-state index contributed by atoms with van der Waals surface area (Å²) in [5.41, 5.74) is 1.49. The number of anilines is 1. The Morgan fingerprint density at radius 1 is 1.16 bits per heavy atom. The molecular formula is C24H23F2N3O3. The number of carbonyl (C=O) groups excluding carboxylic acids is 2. The van der Waals surface area contributed by atoms with Gasteiger partial charge in [0.05, 0.1) is 18.3 Å². The van der Waals surface area contributed by atoms with E-state index in [2.05, 4.69) is 11.4 Å². The fourth-order valence-corrected chi connectivity index (χ4v) is 4.69. The highest BCUT2D eigenvalue weighted by Gasteiger charge is 2.57. The summed E-state index contributed by atoms with van der Waals surface area (Å²) in [5.74, 6) is -1.37. The maximum atomic E-state index is 14.6. The zero-order valence-corrected chi connectivity index (χ0v) is 17.7. The van der Waals surface area contributed by atoms with Crippen molar-refractivity contribution in [2.75, 3.05) is 32.1 Å². The van der Waals surface area contributed by atoms with Crippen molar-refractivity contribution in [2.24, 2.45) is 0 Å². The first kappa shape index (κ1) is 20.5. The Labute approximate surface area is 184 Å². The maximum Gasteiger partial charge on any atom is 0.323 e. The second-order valence-electron chi connectivity index (χ2n) is 8.39. The number of rotatable bonds is 4. The van der Waals surface area contributed by atoms with Gasteiger partial charge in [-0.15, -0.1) is 0 Å². The van der Waals surface area contributed by atoms with Crippen LogP contribution in [0.4, 0.5) is 19.3 Å². The first-order chi connectivity index (χ1) is 15.4. The highest BCUT2D eigenvalue weighted by Crippen LogP contribution is 2.56. The number of amides is 3. The first-order valence-electron chi connectivity index (χ1n) is 10.6. The molecule has 0 radical (unpaired) electrons. The number of fused-ring (bicyclic) bond motifs is 2. The van der Waals surface area contributed by atoms with E-state index in [4.69, 9.17) is 4.74 Å². The van der Waals surface area contributed by atoms with E-state index in [-0.39, 0.29) is 23.7 Å². The quantitative estimate of drug-likeness (QED) is 0.780. The van der Waals surface area contributed by atoms with Crippen LogP contribution < -0.4 is 10.1 Å². The maximum absolute atomic E-state index is 14.6. The summed E-state index contributed by atoms with van der Waals surface area (Å²) >= 11 is 0. The van der Waals surface area contributed by atoms with Gasteiger partial charge in [-0.2, -0.15) is 0 Å². The van der Waals surface area contributed by atoms with Crippen molar-refractivity contribution in [1.82, 2.24) is 9.80 Å². The van der Waals surface area contributed by atoms with Gasteiger partial charge < -0.3 is 19.9 Å². The highest BCUT2D eigenvalue weighted by atomic mass is 19.2. The molecule has 2 aromatic carbocycles. The Kier molecular flexibility index (Phi) is 4.87. The SMILES string of the molecule is COc1ccc(C2=CCCN(C(=O)CN3C(=O)Nc4ccc(F)c(F)c4C34CC4)C2)cc1. The molecule has 5 rings (SSSR count). The van der Waals surface area contributed by atoms with Crippen LogP contribution >= 0.6 is 0 Å². The van der Waals surface area contributed by atoms with Gasteiger partial charge in [0.25, 0.3) is 0 Å². The fourth-order valence-electron chi connectivity index (χ4n) is 4.69. The summed E-state index contributed by atoms with van der Waals surface area (Å²) in [6, 6.07) is 9.56. The average molecular weight is 439 g/mol. The minimum atomic E-state index is -0.958. The number of methoxy groups -OCH3 is 1. The van der Waals surface area contributed by atoms with Crippen LogP contribution in [0.1, 0.15) is 30.4 Å². The molecule has 166 valence electrons. The largest absolute Gasteiger partial charge is 0.497 e. The van der Waals surface area contributed by atoms with E-state index in [1.807, 2.05) is 24.3 Å². The number of nitrogens with one attached hydrogen (secondary N) is 1. The molecule has 2 aliphatic heterocycles. The van der Waals surface area contributed by atoms with E-state index in [1.165, 1.54) is 11.0 Å². The zero-order chi connectivity index (χ0) is 22.5. The minimum Gasteiger partial charge on any atom is -0.497 e. The number of halogens is 2. The summed E-state index contributed by atoms with van der Waals surface area (Å²) in [4.78, 5) is 29.0. The number of nitrogens with zero attached hydrogens (tertiary/aromatic N) is 2. The summed E-state index contributed by atoms with van der Waals surface area (Å²) in [7, 11) is 1.61. The van der Waals surface area contributed by atoms with Crippen LogP contribution in [0.25, 0.3) is 5.57 Å². The Balaban J connectivity index is 1.34. The fraction of sp³-hybridized carbons (Fsp3) is 0.333. The molecule has 0 unspecified atom stereocenters. The van der Waals surface area contributed by atoms with Crippen LogP contribution in [-0.4, -0.2) is 48.5 Å². The van der Waals surface area contributed by atoms with E-state index in [9.17, 15) is 18.4 Å². The van der Waals surface area contributed by atoms with Crippen molar-refractivity contribution in [3.8, 4) is 5.75 Å². The topological polar surface area (TPSA) is 61.9 Å². The van der Waals surface area contributed by atoms with E-state index in [0.717, 1.165) is 23.0 Å². The number of ether oxygens (including phenoxy) is 1. The summed E-state index contributed by atoms with van der Waals surface area (Å²) < 4.78 is 33.8. The van der Waals surface area contributed by atoms with Crippen molar-refractivity contribution in [1.29, 1.82) is 0 Å². The van der Waals surface area contributed by atoms with E-state index in [1.54, 1.807) is 12.0 Å². The van der Waals surface area contributed by atoms with Crippen LogP contribution in [-0.2, 0) is 10.3 Å². The van der Waals surface area contributed by atoms with Crippen LogP contribution in [0.3, 0.4) is 0 Å². The van der Waals surface area contributed by atoms with Gasteiger partial charge in [0.2, 0.25) is 5.91 Å². The van der Waals surface area contributed by atoms with Crippen LogP contribution in [0.15, 0.2) is 42.5 Å². The number of hydrogen-bond acceptors (Lipinski definition) is 3. The summed E-state index contributed by atoms with van der Waals surface area (Å²) in [5, 5.41) is 2.61. The van der Waals surface area contributed by atoms with Gasteiger partial charge in [-0.25, -0.2) is 13.6 Å². The van der Waals surface area contributed by atoms with Crippen molar-refractivity contribution in [3.05, 3.63) is 65.2 Å². The molecule has 0 bridgehead atoms. The molecule has 2 aromatic rings. The van der Waals surface area contributed by atoms with Crippen molar-refractivity contribution in [2.45, 2.75) is 24.8 Å². The third-order valence-electron chi connectivity index (χ3n) is 6.55.